The lowest BCUT2D eigenvalue weighted by atomic mass is 10.2. The zero-order valence-electron chi connectivity index (χ0n) is 10.9. The van der Waals surface area contributed by atoms with Gasteiger partial charge in [-0.3, -0.25) is 0 Å². The van der Waals surface area contributed by atoms with E-state index in [1.807, 2.05) is 17.8 Å². The number of hydrogen-bond acceptors (Lipinski definition) is 2. The lowest BCUT2D eigenvalue weighted by Gasteiger charge is -2.11. The number of nitrogens with one attached hydrogen (secondary N) is 1. The van der Waals surface area contributed by atoms with E-state index in [4.69, 9.17) is 11.6 Å². The molecule has 0 radical (unpaired) electrons. The minimum Gasteiger partial charge on any atom is -0.313 e. The Labute approximate surface area is 114 Å². The second kappa shape index (κ2) is 8.02. The van der Waals surface area contributed by atoms with E-state index >= 15 is 0 Å². The van der Waals surface area contributed by atoms with Crippen LogP contribution in [0.5, 0.6) is 0 Å². The Morgan fingerprint density at radius 3 is 2.76 bits per heavy atom. The number of halogens is 1. The highest BCUT2D eigenvalue weighted by molar-refractivity contribution is 7.99. The van der Waals surface area contributed by atoms with Gasteiger partial charge < -0.3 is 5.32 Å². The standard InChI is InChI=1S/C14H22ClNS/c1-4-7-16-9-12-8-13(15)5-6-14(12)17-10-11(2)3/h5-6,8,11,16H,4,7,9-10H2,1-3H3. The van der Waals surface area contributed by atoms with Crippen molar-refractivity contribution in [2.24, 2.45) is 5.92 Å². The molecule has 1 aromatic carbocycles. The minimum atomic E-state index is 0.715. The zero-order chi connectivity index (χ0) is 12.7. The van der Waals surface area contributed by atoms with Gasteiger partial charge in [-0.15, -0.1) is 11.8 Å². The topological polar surface area (TPSA) is 12.0 Å². The molecule has 1 aromatic rings. The van der Waals surface area contributed by atoms with Crippen molar-refractivity contribution in [3.63, 3.8) is 0 Å². The van der Waals surface area contributed by atoms with Crippen molar-refractivity contribution in [1.82, 2.24) is 5.32 Å². The first-order chi connectivity index (χ1) is 8.13. The van der Waals surface area contributed by atoms with E-state index in [1.54, 1.807) is 0 Å². The summed E-state index contributed by atoms with van der Waals surface area (Å²) in [7, 11) is 0. The summed E-state index contributed by atoms with van der Waals surface area (Å²) in [5, 5.41) is 4.26. The maximum absolute atomic E-state index is 6.06. The van der Waals surface area contributed by atoms with Crippen molar-refractivity contribution >= 4 is 23.4 Å². The van der Waals surface area contributed by atoms with Crippen LogP contribution in [0.25, 0.3) is 0 Å². The van der Waals surface area contributed by atoms with Crippen molar-refractivity contribution in [1.29, 1.82) is 0 Å². The Balaban J connectivity index is 2.66. The molecule has 0 aliphatic rings. The summed E-state index contributed by atoms with van der Waals surface area (Å²) < 4.78 is 0. The first-order valence-electron chi connectivity index (χ1n) is 6.25. The Morgan fingerprint density at radius 1 is 1.35 bits per heavy atom. The number of rotatable bonds is 7. The second-order valence-electron chi connectivity index (χ2n) is 4.63. The second-order valence-corrected chi connectivity index (χ2v) is 6.13. The van der Waals surface area contributed by atoms with Crippen LogP contribution in [0.1, 0.15) is 32.8 Å². The molecule has 0 unspecified atom stereocenters. The number of benzene rings is 1. The molecule has 0 saturated carbocycles. The fourth-order valence-electron chi connectivity index (χ4n) is 1.48. The molecular formula is C14H22ClNS. The summed E-state index contributed by atoms with van der Waals surface area (Å²) in [6.45, 7) is 8.64. The maximum atomic E-state index is 6.06. The highest BCUT2D eigenvalue weighted by Gasteiger charge is 2.05. The highest BCUT2D eigenvalue weighted by atomic mass is 35.5. The minimum absolute atomic E-state index is 0.715. The zero-order valence-corrected chi connectivity index (χ0v) is 12.5. The van der Waals surface area contributed by atoms with E-state index in [-0.39, 0.29) is 0 Å². The normalized spacial score (nSPS) is 11.1. The van der Waals surface area contributed by atoms with Crippen molar-refractivity contribution in [2.75, 3.05) is 12.3 Å². The Morgan fingerprint density at radius 2 is 2.12 bits per heavy atom. The molecule has 0 heterocycles. The molecule has 0 amide bonds. The summed E-state index contributed by atoms with van der Waals surface area (Å²) in [5.41, 5.74) is 1.32. The van der Waals surface area contributed by atoms with Gasteiger partial charge in [0.25, 0.3) is 0 Å². The maximum Gasteiger partial charge on any atom is 0.0410 e. The highest BCUT2D eigenvalue weighted by Crippen LogP contribution is 2.27. The van der Waals surface area contributed by atoms with Gasteiger partial charge in [0.1, 0.15) is 0 Å². The summed E-state index contributed by atoms with van der Waals surface area (Å²) in [5.74, 6) is 1.87. The average molecular weight is 272 g/mol. The van der Waals surface area contributed by atoms with E-state index in [0.29, 0.717) is 5.92 Å². The van der Waals surface area contributed by atoms with Crippen LogP contribution in [-0.4, -0.2) is 12.3 Å². The molecule has 1 N–H and O–H groups in total. The Hall–Kier alpha value is -0.180. The fraction of sp³-hybridized carbons (Fsp3) is 0.571. The van der Waals surface area contributed by atoms with E-state index in [0.717, 1.165) is 30.3 Å². The van der Waals surface area contributed by atoms with Gasteiger partial charge in [0, 0.05) is 22.2 Å². The molecule has 96 valence electrons. The first-order valence-corrected chi connectivity index (χ1v) is 7.61. The number of hydrogen-bond donors (Lipinski definition) is 1. The van der Waals surface area contributed by atoms with Crippen LogP contribution in [0.4, 0.5) is 0 Å². The lowest BCUT2D eigenvalue weighted by molar-refractivity contribution is 0.669. The van der Waals surface area contributed by atoms with Crippen LogP contribution < -0.4 is 5.32 Å². The van der Waals surface area contributed by atoms with Crippen LogP contribution >= 0.6 is 23.4 Å². The van der Waals surface area contributed by atoms with Crippen LogP contribution in [-0.2, 0) is 6.54 Å². The molecule has 0 aromatic heterocycles. The van der Waals surface area contributed by atoms with Crippen molar-refractivity contribution in [3.05, 3.63) is 28.8 Å². The van der Waals surface area contributed by atoms with Crippen LogP contribution in [0, 0.1) is 5.92 Å². The summed E-state index contributed by atoms with van der Waals surface area (Å²) >= 11 is 7.98. The summed E-state index contributed by atoms with van der Waals surface area (Å²) in [6, 6.07) is 6.19. The predicted octanol–water partition coefficient (Wildman–Crippen LogP) is 4.59. The van der Waals surface area contributed by atoms with Gasteiger partial charge in [-0.05, 0) is 42.6 Å². The van der Waals surface area contributed by atoms with Crippen LogP contribution in [0.2, 0.25) is 5.02 Å². The molecule has 0 aliphatic carbocycles. The molecule has 3 heteroatoms. The molecule has 0 fully saturated rings. The number of thioether (sulfide) groups is 1. The van der Waals surface area contributed by atoms with E-state index < -0.39 is 0 Å². The van der Waals surface area contributed by atoms with Crippen molar-refractivity contribution in [2.45, 2.75) is 38.6 Å². The molecule has 0 saturated heterocycles. The van der Waals surface area contributed by atoms with Gasteiger partial charge in [0.2, 0.25) is 0 Å². The smallest absolute Gasteiger partial charge is 0.0410 e. The molecule has 0 spiro atoms. The molecule has 0 atom stereocenters. The molecule has 17 heavy (non-hydrogen) atoms. The average Bonchev–Trinajstić information content (AvgIpc) is 2.28. The third-order valence-electron chi connectivity index (χ3n) is 2.34. The van der Waals surface area contributed by atoms with E-state index in [2.05, 4.69) is 38.2 Å². The third kappa shape index (κ3) is 5.80. The Kier molecular flexibility index (Phi) is 7.02. The first kappa shape index (κ1) is 14.9. The van der Waals surface area contributed by atoms with E-state index in [1.165, 1.54) is 10.5 Å². The van der Waals surface area contributed by atoms with Gasteiger partial charge >= 0.3 is 0 Å². The third-order valence-corrected chi connectivity index (χ3v) is 4.11. The van der Waals surface area contributed by atoms with Gasteiger partial charge in [-0.2, -0.15) is 0 Å². The van der Waals surface area contributed by atoms with Gasteiger partial charge in [-0.25, -0.2) is 0 Å². The fourth-order valence-corrected chi connectivity index (χ4v) is 2.67. The van der Waals surface area contributed by atoms with Crippen molar-refractivity contribution < 1.29 is 0 Å². The quantitative estimate of drug-likeness (QED) is 0.575. The van der Waals surface area contributed by atoms with Gasteiger partial charge in [0.05, 0.1) is 0 Å². The SMILES string of the molecule is CCCNCc1cc(Cl)ccc1SCC(C)C. The predicted molar refractivity (Wildman–Crippen MR) is 79.0 cm³/mol. The van der Waals surface area contributed by atoms with Crippen molar-refractivity contribution in [3.8, 4) is 0 Å². The molecule has 0 aliphatic heterocycles. The lowest BCUT2D eigenvalue weighted by Crippen LogP contribution is -2.14. The van der Waals surface area contributed by atoms with Gasteiger partial charge in [-0.1, -0.05) is 32.4 Å². The molecule has 1 nitrogen and oxygen atoms in total. The largest absolute Gasteiger partial charge is 0.313 e. The summed E-state index contributed by atoms with van der Waals surface area (Å²) in [6.07, 6.45) is 1.16. The van der Waals surface area contributed by atoms with E-state index in [9.17, 15) is 0 Å². The molecular weight excluding hydrogens is 250 g/mol. The molecule has 1 rings (SSSR count). The monoisotopic (exact) mass is 271 g/mol. The van der Waals surface area contributed by atoms with Gasteiger partial charge in [0.15, 0.2) is 0 Å². The summed E-state index contributed by atoms with van der Waals surface area (Å²) in [4.78, 5) is 1.35. The Bertz CT molecular complexity index is 339. The van der Waals surface area contributed by atoms with Crippen LogP contribution in [0.15, 0.2) is 23.1 Å². The molecule has 0 bridgehead atoms. The van der Waals surface area contributed by atoms with Crippen LogP contribution in [0.3, 0.4) is 0 Å².